The highest BCUT2D eigenvalue weighted by Crippen LogP contribution is 2.17. The summed E-state index contributed by atoms with van der Waals surface area (Å²) in [6.45, 7) is 0. The summed E-state index contributed by atoms with van der Waals surface area (Å²) in [5.74, 6) is 0.908. The fourth-order valence-corrected chi connectivity index (χ4v) is 1.29. The van der Waals surface area contributed by atoms with Gasteiger partial charge in [-0.15, -0.1) is 10.2 Å². The molecule has 1 aliphatic rings. The van der Waals surface area contributed by atoms with E-state index in [9.17, 15) is 0 Å². The molecule has 2 heterocycles. The summed E-state index contributed by atoms with van der Waals surface area (Å²) < 4.78 is 1.81. The lowest BCUT2D eigenvalue weighted by Crippen LogP contribution is -2.04. The Morgan fingerprint density at radius 3 is 3.75 bits per heavy atom. The van der Waals surface area contributed by atoms with E-state index < -0.39 is 0 Å². The van der Waals surface area contributed by atoms with Crippen LogP contribution in [0.4, 0.5) is 0 Å². The molecule has 0 bridgehead atoms. The van der Waals surface area contributed by atoms with E-state index in [4.69, 9.17) is 0 Å². The van der Waals surface area contributed by atoms with Crippen LogP contribution in [0.25, 0.3) is 0 Å². The van der Waals surface area contributed by atoms with Crippen molar-refractivity contribution >= 4 is 11.8 Å². The SMILES string of the molecule is c1nnc2n1NCS2. The Labute approximate surface area is 50.3 Å². The largest absolute Gasteiger partial charge is 0.312 e. The smallest absolute Gasteiger partial charge is 0.211 e. The molecule has 0 aromatic carbocycles. The Kier molecular flexibility index (Phi) is 0.724. The van der Waals surface area contributed by atoms with Crippen LogP contribution < -0.4 is 5.43 Å². The van der Waals surface area contributed by atoms with Gasteiger partial charge < -0.3 is 5.43 Å². The predicted molar refractivity (Wildman–Crippen MR) is 30.1 cm³/mol. The zero-order valence-electron chi connectivity index (χ0n) is 4.03. The van der Waals surface area contributed by atoms with Crippen molar-refractivity contribution in [3.8, 4) is 0 Å². The standard InChI is InChI=1S/C3H4N4S/c1-4-6-3-7(1)5-2-8-3/h1,5H,2H2. The van der Waals surface area contributed by atoms with E-state index in [1.807, 2.05) is 4.68 Å². The van der Waals surface area contributed by atoms with Crippen LogP contribution in [0.2, 0.25) is 0 Å². The zero-order valence-corrected chi connectivity index (χ0v) is 4.85. The van der Waals surface area contributed by atoms with E-state index in [1.165, 1.54) is 0 Å². The molecule has 0 saturated carbocycles. The van der Waals surface area contributed by atoms with Gasteiger partial charge in [0.25, 0.3) is 0 Å². The van der Waals surface area contributed by atoms with Gasteiger partial charge >= 0.3 is 0 Å². The normalized spacial score (nSPS) is 15.5. The third-order valence-electron chi connectivity index (χ3n) is 0.953. The molecule has 1 aromatic heterocycles. The van der Waals surface area contributed by atoms with Gasteiger partial charge in [-0.05, 0) is 0 Å². The van der Waals surface area contributed by atoms with Crippen molar-refractivity contribution in [3.05, 3.63) is 6.33 Å². The molecule has 1 aromatic rings. The minimum atomic E-state index is 0.908. The Hall–Kier alpha value is -0.710. The predicted octanol–water partition coefficient (Wildman–Crippen LogP) is -0.115. The molecule has 0 saturated heterocycles. The van der Waals surface area contributed by atoms with Crippen molar-refractivity contribution in [3.63, 3.8) is 0 Å². The highest BCUT2D eigenvalue weighted by molar-refractivity contribution is 7.99. The molecule has 0 amide bonds. The van der Waals surface area contributed by atoms with Gasteiger partial charge in [-0.2, -0.15) is 0 Å². The van der Waals surface area contributed by atoms with Crippen LogP contribution in [-0.4, -0.2) is 20.8 Å². The maximum absolute atomic E-state index is 3.81. The lowest BCUT2D eigenvalue weighted by atomic mass is 11.2. The molecule has 42 valence electrons. The highest BCUT2D eigenvalue weighted by Gasteiger charge is 2.09. The quantitative estimate of drug-likeness (QED) is 0.529. The van der Waals surface area contributed by atoms with Crippen LogP contribution in [0.1, 0.15) is 0 Å². The second-order valence-electron chi connectivity index (χ2n) is 1.43. The van der Waals surface area contributed by atoms with Gasteiger partial charge in [0.1, 0.15) is 6.33 Å². The fourth-order valence-electron chi connectivity index (χ4n) is 0.598. The molecule has 0 radical (unpaired) electrons. The lowest BCUT2D eigenvalue weighted by Gasteiger charge is -1.89. The van der Waals surface area contributed by atoms with Crippen LogP contribution in [-0.2, 0) is 0 Å². The molecule has 0 fully saturated rings. The number of hydrogen-bond donors (Lipinski definition) is 1. The van der Waals surface area contributed by atoms with Crippen molar-refractivity contribution in [2.45, 2.75) is 5.16 Å². The first-order valence-corrected chi connectivity index (χ1v) is 3.22. The Morgan fingerprint density at radius 1 is 1.88 bits per heavy atom. The van der Waals surface area contributed by atoms with Crippen LogP contribution in [0.3, 0.4) is 0 Å². The van der Waals surface area contributed by atoms with Crippen molar-refractivity contribution in [1.82, 2.24) is 14.9 Å². The maximum atomic E-state index is 3.81. The number of rotatable bonds is 0. The highest BCUT2D eigenvalue weighted by atomic mass is 32.2. The Morgan fingerprint density at radius 2 is 2.88 bits per heavy atom. The van der Waals surface area contributed by atoms with Gasteiger partial charge in [0.15, 0.2) is 0 Å². The van der Waals surface area contributed by atoms with E-state index >= 15 is 0 Å². The Balaban J connectivity index is 2.54. The molecule has 0 spiro atoms. The van der Waals surface area contributed by atoms with E-state index in [-0.39, 0.29) is 0 Å². The second kappa shape index (κ2) is 1.38. The van der Waals surface area contributed by atoms with E-state index in [1.54, 1.807) is 18.1 Å². The van der Waals surface area contributed by atoms with Crippen molar-refractivity contribution in [1.29, 1.82) is 0 Å². The topological polar surface area (TPSA) is 42.7 Å². The molecular weight excluding hydrogens is 124 g/mol. The van der Waals surface area contributed by atoms with Crippen LogP contribution >= 0.6 is 11.8 Å². The number of nitrogens with one attached hydrogen (secondary N) is 1. The molecule has 5 heteroatoms. The number of aromatic nitrogens is 3. The minimum absolute atomic E-state index is 0.908. The molecule has 8 heavy (non-hydrogen) atoms. The van der Waals surface area contributed by atoms with Gasteiger partial charge in [-0.25, -0.2) is 4.68 Å². The van der Waals surface area contributed by atoms with Crippen molar-refractivity contribution in [2.75, 3.05) is 11.3 Å². The van der Waals surface area contributed by atoms with Gasteiger partial charge in [0, 0.05) is 0 Å². The maximum Gasteiger partial charge on any atom is 0.211 e. The first-order chi connectivity index (χ1) is 3.97. The molecule has 0 aliphatic carbocycles. The first-order valence-electron chi connectivity index (χ1n) is 2.23. The molecular formula is C3H4N4S. The Bertz CT molecular complexity index is 176. The van der Waals surface area contributed by atoms with E-state index in [0.717, 1.165) is 11.0 Å². The monoisotopic (exact) mass is 128 g/mol. The van der Waals surface area contributed by atoms with Crippen LogP contribution in [0.5, 0.6) is 0 Å². The number of nitrogens with zero attached hydrogens (tertiary/aromatic N) is 3. The molecule has 2 rings (SSSR count). The van der Waals surface area contributed by atoms with Gasteiger partial charge in [0.2, 0.25) is 5.16 Å². The summed E-state index contributed by atoms with van der Waals surface area (Å²) in [7, 11) is 0. The third-order valence-corrected chi connectivity index (χ3v) is 1.76. The molecule has 0 unspecified atom stereocenters. The summed E-state index contributed by atoms with van der Waals surface area (Å²) in [6, 6.07) is 0. The first kappa shape index (κ1) is 4.20. The second-order valence-corrected chi connectivity index (χ2v) is 2.37. The number of thioether (sulfide) groups is 1. The summed E-state index contributed by atoms with van der Waals surface area (Å²) in [6.07, 6.45) is 1.66. The van der Waals surface area contributed by atoms with Gasteiger partial charge in [-0.1, -0.05) is 11.8 Å². The number of fused-ring (bicyclic) bond motifs is 1. The average molecular weight is 128 g/mol. The minimum Gasteiger partial charge on any atom is -0.312 e. The lowest BCUT2D eigenvalue weighted by molar-refractivity contribution is 0.826. The van der Waals surface area contributed by atoms with Crippen LogP contribution in [0, 0.1) is 0 Å². The molecule has 1 aliphatic heterocycles. The van der Waals surface area contributed by atoms with E-state index in [2.05, 4.69) is 15.6 Å². The van der Waals surface area contributed by atoms with Crippen LogP contribution in [0.15, 0.2) is 11.5 Å². The average Bonchev–Trinajstić information content (AvgIpc) is 2.15. The zero-order chi connectivity index (χ0) is 5.40. The summed E-state index contributed by atoms with van der Waals surface area (Å²) >= 11 is 1.65. The molecule has 1 N–H and O–H groups in total. The van der Waals surface area contributed by atoms with Crippen molar-refractivity contribution < 1.29 is 0 Å². The van der Waals surface area contributed by atoms with Gasteiger partial charge in [0.05, 0.1) is 5.88 Å². The summed E-state index contributed by atoms with van der Waals surface area (Å²) in [4.78, 5) is 0. The molecule has 4 nitrogen and oxygen atoms in total. The molecule has 0 atom stereocenters. The third kappa shape index (κ3) is 0.416. The summed E-state index contributed by atoms with van der Waals surface area (Å²) in [5.41, 5.74) is 3.03. The number of hydrogen-bond acceptors (Lipinski definition) is 4. The van der Waals surface area contributed by atoms with E-state index in [0.29, 0.717) is 0 Å². The van der Waals surface area contributed by atoms with Gasteiger partial charge in [-0.3, -0.25) is 0 Å². The van der Waals surface area contributed by atoms with Crippen molar-refractivity contribution in [2.24, 2.45) is 0 Å². The summed E-state index contributed by atoms with van der Waals surface area (Å²) in [5, 5.41) is 8.43. The fraction of sp³-hybridized carbons (Fsp3) is 0.333.